The highest BCUT2D eigenvalue weighted by atomic mass is 35.5. The molecule has 31 heavy (non-hydrogen) atoms. The number of nitrogens with zero attached hydrogens (tertiary/aromatic N) is 5. The lowest BCUT2D eigenvalue weighted by Crippen LogP contribution is -2.36. The fraction of sp³-hybridized carbons (Fsp3) is 0.292. The van der Waals surface area contributed by atoms with Gasteiger partial charge in [-0.25, -0.2) is 4.98 Å². The molecule has 0 amide bonds. The lowest BCUT2D eigenvalue weighted by atomic mass is 10.0. The predicted molar refractivity (Wildman–Crippen MR) is 124 cm³/mol. The second-order valence-corrected chi connectivity index (χ2v) is 8.23. The molecule has 1 fully saturated rings. The molecule has 4 aromatic rings. The van der Waals surface area contributed by atoms with Crippen molar-refractivity contribution in [2.75, 3.05) is 18.0 Å². The first-order valence-corrected chi connectivity index (χ1v) is 11.1. The lowest BCUT2D eigenvalue weighted by Gasteiger charge is -2.35. The molecular weight excluding hydrogens is 410 g/mol. The molecule has 1 saturated heterocycles. The number of para-hydroxylation sites is 3. The Morgan fingerprint density at radius 3 is 2.48 bits per heavy atom. The molecule has 1 aliphatic heterocycles. The molecule has 5 rings (SSSR count). The van der Waals surface area contributed by atoms with Crippen molar-refractivity contribution in [2.24, 2.45) is 0 Å². The molecule has 0 aliphatic carbocycles. The fourth-order valence-corrected chi connectivity index (χ4v) is 4.76. The molecule has 7 heteroatoms. The van der Waals surface area contributed by atoms with Crippen molar-refractivity contribution in [1.82, 2.24) is 19.3 Å². The topological polar surface area (TPSA) is 56.0 Å². The number of aryl methyl sites for hydroxylation is 1. The Hall–Kier alpha value is -3.12. The van der Waals surface area contributed by atoms with Crippen LogP contribution in [-0.4, -0.2) is 32.4 Å². The maximum absolute atomic E-state index is 12.8. The number of anilines is 1. The van der Waals surface area contributed by atoms with Crippen LogP contribution in [0.15, 0.2) is 65.6 Å². The Morgan fingerprint density at radius 2 is 1.74 bits per heavy atom. The van der Waals surface area contributed by atoms with E-state index < -0.39 is 0 Å². The van der Waals surface area contributed by atoms with E-state index in [0.717, 1.165) is 43.7 Å². The largest absolute Gasteiger partial charge is 0.369 e. The van der Waals surface area contributed by atoms with Crippen LogP contribution in [-0.2, 0) is 6.42 Å². The van der Waals surface area contributed by atoms with Crippen molar-refractivity contribution in [3.63, 3.8) is 0 Å². The number of halogens is 1. The van der Waals surface area contributed by atoms with Crippen molar-refractivity contribution < 1.29 is 0 Å². The molecule has 1 aliphatic rings. The first-order valence-electron chi connectivity index (χ1n) is 10.7. The third-order valence-corrected chi connectivity index (χ3v) is 6.41. The van der Waals surface area contributed by atoms with Crippen LogP contribution in [0.2, 0.25) is 5.02 Å². The van der Waals surface area contributed by atoms with E-state index in [0.29, 0.717) is 17.4 Å². The summed E-state index contributed by atoms with van der Waals surface area (Å²) in [6.45, 7) is 3.78. The van der Waals surface area contributed by atoms with Gasteiger partial charge >= 0.3 is 0 Å². The molecule has 6 nitrogen and oxygen atoms in total. The first kappa shape index (κ1) is 19.8. The highest BCUT2D eigenvalue weighted by molar-refractivity contribution is 6.33. The molecule has 0 atom stereocenters. The average Bonchev–Trinajstić information content (AvgIpc) is 3.20. The van der Waals surface area contributed by atoms with E-state index in [1.165, 1.54) is 10.2 Å². The molecule has 0 saturated carbocycles. The number of piperidine rings is 1. The van der Waals surface area contributed by atoms with Gasteiger partial charge < -0.3 is 9.47 Å². The van der Waals surface area contributed by atoms with Gasteiger partial charge in [0.05, 0.1) is 28.6 Å². The SMILES string of the molecule is CCc1nc2ccccc2n1C1CCN(c2cnn(-c3ccccc3)c(=O)c2Cl)CC1. The zero-order valence-electron chi connectivity index (χ0n) is 17.4. The molecular formula is C24H24ClN5O. The summed E-state index contributed by atoms with van der Waals surface area (Å²) in [4.78, 5) is 19.8. The van der Waals surface area contributed by atoms with Gasteiger partial charge in [-0.05, 0) is 37.1 Å². The zero-order valence-corrected chi connectivity index (χ0v) is 18.2. The van der Waals surface area contributed by atoms with Crippen LogP contribution in [0, 0.1) is 0 Å². The fourth-order valence-electron chi connectivity index (χ4n) is 4.51. The van der Waals surface area contributed by atoms with E-state index in [2.05, 4.69) is 39.7 Å². The van der Waals surface area contributed by atoms with Gasteiger partial charge in [-0.2, -0.15) is 9.78 Å². The van der Waals surface area contributed by atoms with E-state index in [9.17, 15) is 4.79 Å². The third kappa shape index (κ3) is 3.51. The summed E-state index contributed by atoms with van der Waals surface area (Å²) >= 11 is 6.51. The molecule has 2 aromatic heterocycles. The summed E-state index contributed by atoms with van der Waals surface area (Å²) in [6.07, 6.45) is 4.54. The average molecular weight is 434 g/mol. The summed E-state index contributed by atoms with van der Waals surface area (Å²) in [5.41, 5.74) is 3.38. The van der Waals surface area contributed by atoms with Crippen LogP contribution < -0.4 is 10.5 Å². The summed E-state index contributed by atoms with van der Waals surface area (Å²) in [6, 6.07) is 18.1. The molecule has 0 bridgehead atoms. The van der Waals surface area contributed by atoms with E-state index in [-0.39, 0.29) is 10.6 Å². The van der Waals surface area contributed by atoms with Crippen LogP contribution in [0.3, 0.4) is 0 Å². The van der Waals surface area contributed by atoms with Gasteiger partial charge in [-0.1, -0.05) is 48.9 Å². The lowest BCUT2D eigenvalue weighted by molar-refractivity contribution is 0.395. The number of imidazole rings is 1. The molecule has 0 spiro atoms. The Kier molecular flexibility index (Phi) is 5.24. The highest BCUT2D eigenvalue weighted by Crippen LogP contribution is 2.32. The van der Waals surface area contributed by atoms with Crippen molar-refractivity contribution >= 4 is 28.3 Å². The number of fused-ring (bicyclic) bond motifs is 1. The molecule has 158 valence electrons. The predicted octanol–water partition coefficient (Wildman–Crippen LogP) is 4.64. The summed E-state index contributed by atoms with van der Waals surface area (Å²) in [5.74, 6) is 1.13. The quantitative estimate of drug-likeness (QED) is 0.470. The minimum Gasteiger partial charge on any atom is -0.369 e. The van der Waals surface area contributed by atoms with Crippen LogP contribution >= 0.6 is 11.6 Å². The Bertz CT molecular complexity index is 1270. The van der Waals surface area contributed by atoms with E-state index >= 15 is 0 Å². The van der Waals surface area contributed by atoms with Gasteiger partial charge in [0, 0.05) is 25.6 Å². The third-order valence-electron chi connectivity index (χ3n) is 6.06. The standard InChI is InChI=1S/C24H24ClN5O/c1-2-22-27-19-10-6-7-11-20(19)29(22)17-12-14-28(15-13-17)21-16-26-30(24(31)23(21)25)18-8-4-3-5-9-18/h3-11,16-17H,2,12-15H2,1H3. The van der Waals surface area contributed by atoms with Gasteiger partial charge in [-0.15, -0.1) is 0 Å². The molecule has 3 heterocycles. The van der Waals surface area contributed by atoms with E-state index in [1.807, 2.05) is 36.4 Å². The highest BCUT2D eigenvalue weighted by Gasteiger charge is 2.26. The van der Waals surface area contributed by atoms with E-state index in [4.69, 9.17) is 16.6 Å². The Morgan fingerprint density at radius 1 is 1.03 bits per heavy atom. The molecule has 0 radical (unpaired) electrons. The maximum atomic E-state index is 12.8. The number of benzene rings is 2. The summed E-state index contributed by atoms with van der Waals surface area (Å²) in [5, 5.41) is 4.61. The van der Waals surface area contributed by atoms with Crippen LogP contribution in [0.5, 0.6) is 0 Å². The monoisotopic (exact) mass is 433 g/mol. The number of hydrogen-bond donors (Lipinski definition) is 0. The Balaban J connectivity index is 1.39. The summed E-state index contributed by atoms with van der Waals surface area (Å²) < 4.78 is 3.75. The van der Waals surface area contributed by atoms with Crippen molar-refractivity contribution in [1.29, 1.82) is 0 Å². The van der Waals surface area contributed by atoms with Crippen LogP contribution in [0.25, 0.3) is 16.7 Å². The maximum Gasteiger partial charge on any atom is 0.292 e. The van der Waals surface area contributed by atoms with Crippen LogP contribution in [0.1, 0.15) is 31.6 Å². The van der Waals surface area contributed by atoms with Crippen molar-refractivity contribution in [3.8, 4) is 5.69 Å². The zero-order chi connectivity index (χ0) is 21.4. The minimum absolute atomic E-state index is 0.222. The summed E-state index contributed by atoms with van der Waals surface area (Å²) in [7, 11) is 0. The van der Waals surface area contributed by atoms with Gasteiger partial charge in [0.2, 0.25) is 0 Å². The van der Waals surface area contributed by atoms with Gasteiger partial charge in [0.25, 0.3) is 5.56 Å². The van der Waals surface area contributed by atoms with Crippen molar-refractivity contribution in [2.45, 2.75) is 32.2 Å². The second-order valence-electron chi connectivity index (χ2n) is 7.85. The van der Waals surface area contributed by atoms with Crippen molar-refractivity contribution in [3.05, 3.63) is 82.0 Å². The number of aromatic nitrogens is 4. The minimum atomic E-state index is -0.290. The Labute approximate surface area is 185 Å². The van der Waals surface area contributed by atoms with Gasteiger partial charge in [0.15, 0.2) is 0 Å². The smallest absolute Gasteiger partial charge is 0.292 e. The van der Waals surface area contributed by atoms with Crippen LogP contribution in [0.4, 0.5) is 5.69 Å². The number of rotatable bonds is 4. The molecule has 0 unspecified atom stereocenters. The molecule has 0 N–H and O–H groups in total. The van der Waals surface area contributed by atoms with Gasteiger partial charge in [-0.3, -0.25) is 4.79 Å². The second kappa shape index (κ2) is 8.19. The first-order chi connectivity index (χ1) is 15.2. The molecule has 2 aromatic carbocycles. The number of hydrogen-bond acceptors (Lipinski definition) is 4. The van der Waals surface area contributed by atoms with E-state index in [1.54, 1.807) is 6.20 Å². The normalized spacial score (nSPS) is 15.0. The van der Waals surface area contributed by atoms with Gasteiger partial charge in [0.1, 0.15) is 10.8 Å².